The van der Waals surface area contributed by atoms with Gasteiger partial charge in [-0.15, -0.1) is 0 Å². The SMILES string of the molecule is COC(=O)C(C)(CCCOCCOC(C)(C)C)NC(C)C. The van der Waals surface area contributed by atoms with Gasteiger partial charge in [0.05, 0.1) is 25.9 Å². The lowest BCUT2D eigenvalue weighted by molar-refractivity contribution is -0.148. The summed E-state index contributed by atoms with van der Waals surface area (Å²) in [6.45, 7) is 13.7. The topological polar surface area (TPSA) is 56.8 Å². The average molecular weight is 303 g/mol. The summed E-state index contributed by atoms with van der Waals surface area (Å²) in [5, 5.41) is 3.27. The van der Waals surface area contributed by atoms with Gasteiger partial charge < -0.3 is 14.2 Å². The minimum atomic E-state index is -0.659. The summed E-state index contributed by atoms with van der Waals surface area (Å²) in [5.74, 6) is -0.229. The highest BCUT2D eigenvalue weighted by Crippen LogP contribution is 2.15. The normalized spacial score (nSPS) is 15.0. The van der Waals surface area contributed by atoms with Crippen molar-refractivity contribution in [3.63, 3.8) is 0 Å². The van der Waals surface area contributed by atoms with Crippen LogP contribution in [0.2, 0.25) is 0 Å². The van der Waals surface area contributed by atoms with Gasteiger partial charge in [-0.3, -0.25) is 10.1 Å². The van der Waals surface area contributed by atoms with Crippen LogP contribution in [-0.4, -0.2) is 50.1 Å². The Morgan fingerprint density at radius 1 is 1.10 bits per heavy atom. The lowest BCUT2D eigenvalue weighted by atomic mass is 9.95. The second kappa shape index (κ2) is 9.38. The van der Waals surface area contributed by atoms with Crippen molar-refractivity contribution in [2.24, 2.45) is 0 Å². The van der Waals surface area contributed by atoms with Crippen molar-refractivity contribution in [2.75, 3.05) is 26.9 Å². The van der Waals surface area contributed by atoms with E-state index in [2.05, 4.69) is 5.32 Å². The molecule has 0 aliphatic rings. The molecule has 0 fully saturated rings. The van der Waals surface area contributed by atoms with Gasteiger partial charge in [0.1, 0.15) is 5.54 Å². The highest BCUT2D eigenvalue weighted by molar-refractivity contribution is 5.80. The van der Waals surface area contributed by atoms with E-state index in [-0.39, 0.29) is 17.6 Å². The Morgan fingerprint density at radius 2 is 1.71 bits per heavy atom. The zero-order valence-electron chi connectivity index (χ0n) is 14.7. The quantitative estimate of drug-likeness (QED) is 0.496. The van der Waals surface area contributed by atoms with Gasteiger partial charge in [-0.25, -0.2) is 0 Å². The van der Waals surface area contributed by atoms with Gasteiger partial charge in [0.25, 0.3) is 0 Å². The standard InChI is InChI=1S/C16H33NO4/c1-13(2)17-16(6,14(18)19-7)9-8-10-20-11-12-21-15(3,4)5/h13,17H,8-12H2,1-7H3. The van der Waals surface area contributed by atoms with Crippen LogP contribution in [0.3, 0.4) is 0 Å². The number of esters is 1. The van der Waals surface area contributed by atoms with Crippen molar-refractivity contribution in [1.82, 2.24) is 5.32 Å². The Morgan fingerprint density at radius 3 is 2.19 bits per heavy atom. The molecular formula is C16H33NO4. The molecule has 0 aromatic carbocycles. The number of hydrogen-bond acceptors (Lipinski definition) is 5. The molecule has 5 nitrogen and oxygen atoms in total. The Kier molecular flexibility index (Phi) is 9.09. The minimum absolute atomic E-state index is 0.131. The van der Waals surface area contributed by atoms with E-state index in [1.807, 2.05) is 41.5 Å². The molecule has 0 aliphatic carbocycles. The molecule has 0 radical (unpaired) electrons. The third-order valence-corrected chi connectivity index (χ3v) is 2.97. The third kappa shape index (κ3) is 9.82. The molecule has 5 heteroatoms. The monoisotopic (exact) mass is 303 g/mol. The van der Waals surface area contributed by atoms with Crippen molar-refractivity contribution in [2.45, 2.75) is 71.6 Å². The molecule has 1 unspecified atom stereocenters. The van der Waals surface area contributed by atoms with Crippen LogP contribution < -0.4 is 5.32 Å². The Labute approximate surface area is 129 Å². The summed E-state index contributed by atoms with van der Waals surface area (Å²) in [6, 6.07) is 0.218. The van der Waals surface area contributed by atoms with Crippen molar-refractivity contribution >= 4 is 5.97 Å². The summed E-state index contributed by atoms with van der Waals surface area (Å²) in [4.78, 5) is 11.9. The van der Waals surface area contributed by atoms with Gasteiger partial charge in [0.15, 0.2) is 0 Å². The molecule has 21 heavy (non-hydrogen) atoms. The first-order valence-corrected chi connectivity index (χ1v) is 7.68. The molecule has 0 aromatic heterocycles. The van der Waals surface area contributed by atoms with Gasteiger partial charge in [0, 0.05) is 12.6 Å². The fourth-order valence-corrected chi connectivity index (χ4v) is 2.13. The number of nitrogens with one attached hydrogen (secondary N) is 1. The molecule has 0 heterocycles. The highest BCUT2D eigenvalue weighted by atomic mass is 16.5. The molecular weight excluding hydrogens is 270 g/mol. The maximum Gasteiger partial charge on any atom is 0.325 e. The smallest absolute Gasteiger partial charge is 0.325 e. The van der Waals surface area contributed by atoms with Crippen LogP contribution in [0, 0.1) is 0 Å². The van der Waals surface area contributed by atoms with Crippen LogP contribution in [0.5, 0.6) is 0 Å². The summed E-state index contributed by atoms with van der Waals surface area (Å²) < 4.78 is 16.0. The molecule has 1 N–H and O–H groups in total. The molecule has 0 rings (SSSR count). The lowest BCUT2D eigenvalue weighted by Crippen LogP contribution is -2.53. The van der Waals surface area contributed by atoms with E-state index in [9.17, 15) is 4.79 Å². The molecule has 0 saturated heterocycles. The van der Waals surface area contributed by atoms with Crippen LogP contribution >= 0.6 is 0 Å². The number of carbonyl (C=O) groups excluding carboxylic acids is 1. The van der Waals surface area contributed by atoms with Crippen LogP contribution in [0.25, 0.3) is 0 Å². The van der Waals surface area contributed by atoms with Crippen LogP contribution in [-0.2, 0) is 19.0 Å². The second-order valence-corrected chi connectivity index (χ2v) is 6.80. The van der Waals surface area contributed by atoms with Gasteiger partial charge >= 0.3 is 5.97 Å². The molecule has 0 saturated carbocycles. The summed E-state index contributed by atoms with van der Waals surface area (Å²) in [6.07, 6.45) is 1.47. The zero-order chi connectivity index (χ0) is 16.5. The Bertz CT molecular complexity index is 299. The second-order valence-electron chi connectivity index (χ2n) is 6.80. The fourth-order valence-electron chi connectivity index (χ4n) is 2.13. The maximum absolute atomic E-state index is 11.9. The van der Waals surface area contributed by atoms with E-state index in [1.165, 1.54) is 7.11 Å². The number of hydrogen-bond donors (Lipinski definition) is 1. The van der Waals surface area contributed by atoms with E-state index in [0.29, 0.717) is 26.2 Å². The van der Waals surface area contributed by atoms with Crippen LogP contribution in [0.1, 0.15) is 54.4 Å². The summed E-state index contributed by atoms with van der Waals surface area (Å²) in [5.41, 5.74) is -0.789. The van der Waals surface area contributed by atoms with E-state index in [1.54, 1.807) is 0 Å². The van der Waals surface area contributed by atoms with Crippen molar-refractivity contribution in [3.05, 3.63) is 0 Å². The first-order chi connectivity index (χ1) is 9.60. The number of rotatable bonds is 10. The Hall–Kier alpha value is -0.650. The largest absolute Gasteiger partial charge is 0.468 e. The molecule has 1 atom stereocenters. The number of ether oxygens (including phenoxy) is 3. The number of carbonyl (C=O) groups is 1. The van der Waals surface area contributed by atoms with Crippen molar-refractivity contribution < 1.29 is 19.0 Å². The van der Waals surface area contributed by atoms with E-state index >= 15 is 0 Å². The van der Waals surface area contributed by atoms with E-state index < -0.39 is 5.54 Å². The van der Waals surface area contributed by atoms with E-state index in [0.717, 1.165) is 6.42 Å². The van der Waals surface area contributed by atoms with Gasteiger partial charge in [-0.1, -0.05) is 0 Å². The van der Waals surface area contributed by atoms with Crippen LogP contribution in [0.4, 0.5) is 0 Å². The van der Waals surface area contributed by atoms with Crippen LogP contribution in [0.15, 0.2) is 0 Å². The van der Waals surface area contributed by atoms with Crippen molar-refractivity contribution in [1.29, 1.82) is 0 Å². The first kappa shape index (κ1) is 20.3. The predicted molar refractivity (Wildman–Crippen MR) is 84.5 cm³/mol. The highest BCUT2D eigenvalue weighted by Gasteiger charge is 2.34. The molecule has 0 aliphatic heterocycles. The summed E-state index contributed by atoms with van der Waals surface area (Å²) in [7, 11) is 1.42. The molecule has 0 spiro atoms. The van der Waals surface area contributed by atoms with Gasteiger partial charge in [0.2, 0.25) is 0 Å². The third-order valence-electron chi connectivity index (χ3n) is 2.97. The summed E-state index contributed by atoms with van der Waals surface area (Å²) >= 11 is 0. The van der Waals surface area contributed by atoms with Gasteiger partial charge in [-0.05, 0) is 54.4 Å². The number of methoxy groups -OCH3 is 1. The first-order valence-electron chi connectivity index (χ1n) is 7.68. The average Bonchev–Trinajstić information content (AvgIpc) is 2.34. The molecule has 0 bridgehead atoms. The predicted octanol–water partition coefficient (Wildman–Crippen LogP) is 2.53. The zero-order valence-corrected chi connectivity index (χ0v) is 14.7. The van der Waals surface area contributed by atoms with Crippen molar-refractivity contribution in [3.8, 4) is 0 Å². The van der Waals surface area contributed by atoms with E-state index in [4.69, 9.17) is 14.2 Å². The maximum atomic E-state index is 11.9. The minimum Gasteiger partial charge on any atom is -0.468 e. The molecule has 126 valence electrons. The molecule has 0 aromatic rings. The molecule has 0 amide bonds. The lowest BCUT2D eigenvalue weighted by Gasteiger charge is -2.30. The van der Waals surface area contributed by atoms with Gasteiger partial charge in [-0.2, -0.15) is 0 Å². The fraction of sp³-hybridized carbons (Fsp3) is 0.938. The Balaban J connectivity index is 3.97.